The van der Waals surface area contributed by atoms with Crippen molar-refractivity contribution < 1.29 is 23.7 Å². The van der Waals surface area contributed by atoms with Crippen molar-refractivity contribution in [3.63, 3.8) is 0 Å². The number of aromatic nitrogens is 2. The van der Waals surface area contributed by atoms with E-state index in [-0.39, 0.29) is 17.8 Å². The van der Waals surface area contributed by atoms with Crippen molar-refractivity contribution in [2.45, 2.75) is 13.3 Å². The number of hydrogen-bond donors (Lipinski definition) is 0. The van der Waals surface area contributed by atoms with Crippen LogP contribution in [-0.4, -0.2) is 37.3 Å². The smallest absolute Gasteiger partial charge is 0.341 e. The lowest BCUT2D eigenvalue weighted by molar-refractivity contribution is 0.0597. The predicted octanol–water partition coefficient (Wildman–Crippen LogP) is 2.64. The van der Waals surface area contributed by atoms with Gasteiger partial charge in [0.05, 0.1) is 27.4 Å². The summed E-state index contributed by atoms with van der Waals surface area (Å²) in [6.45, 7) is 1.99. The Bertz CT molecular complexity index is 681. The zero-order chi connectivity index (χ0) is 16.8. The minimum absolute atomic E-state index is 0.00982. The third-order valence-corrected chi connectivity index (χ3v) is 3.14. The highest BCUT2D eigenvalue weighted by Crippen LogP contribution is 2.28. The Balaban J connectivity index is 2.41. The van der Waals surface area contributed by atoms with E-state index in [1.54, 1.807) is 12.1 Å². The lowest BCUT2D eigenvalue weighted by Crippen LogP contribution is -2.06. The minimum atomic E-state index is -0.495. The number of rotatable bonds is 6. The van der Waals surface area contributed by atoms with Crippen molar-refractivity contribution in [1.29, 1.82) is 0 Å². The molecule has 0 saturated heterocycles. The third-order valence-electron chi connectivity index (χ3n) is 3.14. The third kappa shape index (κ3) is 3.88. The van der Waals surface area contributed by atoms with Crippen molar-refractivity contribution in [1.82, 2.24) is 9.97 Å². The van der Waals surface area contributed by atoms with Gasteiger partial charge in [-0.25, -0.2) is 4.79 Å². The monoisotopic (exact) mass is 318 g/mol. The molecule has 0 aliphatic carbocycles. The van der Waals surface area contributed by atoms with Crippen molar-refractivity contribution in [3.8, 4) is 23.5 Å². The number of nitrogens with zero attached hydrogens (tertiary/aromatic N) is 2. The molecule has 1 heterocycles. The predicted molar refractivity (Wildman–Crippen MR) is 82.4 cm³/mol. The molecule has 0 unspecified atom stereocenters. The van der Waals surface area contributed by atoms with Crippen LogP contribution in [0.25, 0.3) is 0 Å². The van der Waals surface area contributed by atoms with Gasteiger partial charge in [-0.05, 0) is 24.1 Å². The summed E-state index contributed by atoms with van der Waals surface area (Å²) >= 11 is 0. The van der Waals surface area contributed by atoms with Gasteiger partial charge in [-0.2, -0.15) is 9.97 Å². The maximum Gasteiger partial charge on any atom is 0.341 e. The van der Waals surface area contributed by atoms with E-state index in [1.807, 2.05) is 13.0 Å². The van der Waals surface area contributed by atoms with Crippen LogP contribution in [0.15, 0.2) is 24.3 Å². The van der Waals surface area contributed by atoms with E-state index in [0.29, 0.717) is 11.3 Å². The summed E-state index contributed by atoms with van der Waals surface area (Å²) in [5.74, 6) is 0.378. The summed E-state index contributed by atoms with van der Waals surface area (Å²) < 4.78 is 20.6. The first kappa shape index (κ1) is 16.5. The van der Waals surface area contributed by atoms with E-state index in [9.17, 15) is 4.79 Å². The topological polar surface area (TPSA) is 79.8 Å². The summed E-state index contributed by atoms with van der Waals surface area (Å²) in [4.78, 5) is 20.1. The van der Waals surface area contributed by atoms with E-state index >= 15 is 0 Å². The van der Waals surface area contributed by atoms with Crippen LogP contribution in [0.2, 0.25) is 0 Å². The highest BCUT2D eigenvalue weighted by Gasteiger charge is 2.16. The molecule has 0 saturated carbocycles. The maximum atomic E-state index is 11.9. The Morgan fingerprint density at radius 2 is 1.70 bits per heavy atom. The Labute approximate surface area is 134 Å². The number of carbonyl (C=O) groups is 1. The molecule has 0 aliphatic heterocycles. The first-order valence-corrected chi connectivity index (χ1v) is 6.97. The van der Waals surface area contributed by atoms with E-state index in [4.69, 9.17) is 18.9 Å². The quantitative estimate of drug-likeness (QED) is 0.757. The van der Waals surface area contributed by atoms with Crippen LogP contribution in [0.1, 0.15) is 22.8 Å². The standard InChI is InChI=1S/C16H18N2O5/c1-5-10-6-7-12(11(8-10)15(19)22-4)23-16-17-13(20-2)9-14(18-16)21-3/h6-9H,5H2,1-4H3. The van der Waals surface area contributed by atoms with Gasteiger partial charge in [0.2, 0.25) is 11.8 Å². The zero-order valence-electron chi connectivity index (χ0n) is 13.5. The molecular weight excluding hydrogens is 300 g/mol. The number of ether oxygens (including phenoxy) is 4. The lowest BCUT2D eigenvalue weighted by Gasteiger charge is -2.11. The number of hydrogen-bond acceptors (Lipinski definition) is 7. The molecule has 0 aliphatic rings. The highest BCUT2D eigenvalue weighted by molar-refractivity contribution is 5.92. The van der Waals surface area contributed by atoms with Gasteiger partial charge in [0.1, 0.15) is 11.3 Å². The van der Waals surface area contributed by atoms with Crippen LogP contribution in [0, 0.1) is 0 Å². The van der Waals surface area contributed by atoms with Crippen LogP contribution < -0.4 is 14.2 Å². The normalized spacial score (nSPS) is 10.1. The van der Waals surface area contributed by atoms with Crippen molar-refractivity contribution in [2.24, 2.45) is 0 Å². The fraction of sp³-hybridized carbons (Fsp3) is 0.312. The SMILES string of the molecule is CCc1ccc(Oc2nc(OC)cc(OC)n2)c(C(=O)OC)c1. The average Bonchev–Trinajstić information content (AvgIpc) is 2.60. The molecule has 2 rings (SSSR count). The van der Waals surface area contributed by atoms with E-state index in [2.05, 4.69) is 9.97 Å². The molecule has 0 fully saturated rings. The van der Waals surface area contributed by atoms with E-state index in [0.717, 1.165) is 12.0 Å². The van der Waals surface area contributed by atoms with E-state index in [1.165, 1.54) is 27.4 Å². The molecule has 2 aromatic rings. The zero-order valence-corrected chi connectivity index (χ0v) is 13.5. The van der Waals surface area contributed by atoms with Crippen LogP contribution in [0.5, 0.6) is 23.5 Å². The summed E-state index contributed by atoms with van der Waals surface area (Å²) in [5, 5.41) is 0. The number of carbonyl (C=O) groups excluding carboxylic acids is 1. The molecule has 122 valence electrons. The summed E-state index contributed by atoms with van der Waals surface area (Å²) in [6, 6.07) is 6.79. The molecule has 23 heavy (non-hydrogen) atoms. The summed E-state index contributed by atoms with van der Waals surface area (Å²) in [7, 11) is 4.26. The molecule has 0 radical (unpaired) electrons. The van der Waals surface area contributed by atoms with Gasteiger partial charge in [-0.3, -0.25) is 0 Å². The molecule has 1 aromatic heterocycles. The summed E-state index contributed by atoms with van der Waals surface area (Å²) in [6.07, 6.45) is 0.785. The van der Waals surface area contributed by atoms with Crippen molar-refractivity contribution in [2.75, 3.05) is 21.3 Å². The molecule has 7 heteroatoms. The molecule has 0 atom stereocenters. The van der Waals surface area contributed by atoms with Gasteiger partial charge in [0, 0.05) is 0 Å². The van der Waals surface area contributed by atoms with Crippen LogP contribution in [0.3, 0.4) is 0 Å². The fourth-order valence-corrected chi connectivity index (χ4v) is 1.89. The molecule has 0 bridgehead atoms. The van der Waals surface area contributed by atoms with Gasteiger partial charge in [-0.1, -0.05) is 13.0 Å². The lowest BCUT2D eigenvalue weighted by atomic mass is 10.1. The molecule has 0 amide bonds. The van der Waals surface area contributed by atoms with Gasteiger partial charge < -0.3 is 18.9 Å². The summed E-state index contributed by atoms with van der Waals surface area (Å²) in [5.41, 5.74) is 1.29. The van der Waals surface area contributed by atoms with Gasteiger partial charge in [-0.15, -0.1) is 0 Å². The van der Waals surface area contributed by atoms with Crippen LogP contribution >= 0.6 is 0 Å². The maximum absolute atomic E-state index is 11.9. The number of methoxy groups -OCH3 is 3. The largest absolute Gasteiger partial charge is 0.481 e. The van der Waals surface area contributed by atoms with Gasteiger partial charge in [0.15, 0.2) is 0 Å². The Hall–Kier alpha value is -2.83. The van der Waals surface area contributed by atoms with Gasteiger partial charge >= 0.3 is 12.0 Å². The molecule has 0 spiro atoms. The Morgan fingerprint density at radius 1 is 1.04 bits per heavy atom. The Kier molecular flexibility index (Phi) is 5.35. The highest BCUT2D eigenvalue weighted by atomic mass is 16.5. The second kappa shape index (κ2) is 7.44. The van der Waals surface area contributed by atoms with Crippen LogP contribution in [0.4, 0.5) is 0 Å². The second-order valence-electron chi connectivity index (χ2n) is 4.51. The first-order valence-electron chi connectivity index (χ1n) is 6.97. The molecule has 7 nitrogen and oxygen atoms in total. The molecule has 0 N–H and O–H groups in total. The molecular formula is C16H18N2O5. The van der Waals surface area contributed by atoms with Crippen LogP contribution in [-0.2, 0) is 11.2 Å². The fourth-order valence-electron chi connectivity index (χ4n) is 1.89. The Morgan fingerprint density at radius 3 is 2.22 bits per heavy atom. The minimum Gasteiger partial charge on any atom is -0.481 e. The average molecular weight is 318 g/mol. The van der Waals surface area contributed by atoms with Crippen molar-refractivity contribution in [3.05, 3.63) is 35.4 Å². The number of aryl methyl sites for hydroxylation is 1. The number of esters is 1. The molecule has 1 aromatic carbocycles. The van der Waals surface area contributed by atoms with E-state index < -0.39 is 5.97 Å². The van der Waals surface area contributed by atoms with Crippen molar-refractivity contribution >= 4 is 5.97 Å². The second-order valence-corrected chi connectivity index (χ2v) is 4.51. The van der Waals surface area contributed by atoms with Gasteiger partial charge in [0.25, 0.3) is 0 Å². The first-order chi connectivity index (χ1) is 11.1. The number of benzene rings is 1.